The maximum absolute atomic E-state index is 5.21. The van der Waals surface area contributed by atoms with Crippen LogP contribution in [0, 0.1) is 0 Å². The lowest BCUT2D eigenvalue weighted by Gasteiger charge is -2.09. The lowest BCUT2D eigenvalue weighted by molar-refractivity contribution is 0.0279. The summed E-state index contributed by atoms with van der Waals surface area (Å²) in [6.07, 6.45) is 0.243. The van der Waals surface area contributed by atoms with Crippen molar-refractivity contribution in [1.29, 1.82) is 0 Å². The molecule has 0 bridgehead atoms. The average molecular weight is 168 g/mol. The summed E-state index contributed by atoms with van der Waals surface area (Å²) in [7, 11) is 1.71. The highest BCUT2D eigenvalue weighted by Gasteiger charge is 2.09. The van der Waals surface area contributed by atoms with Crippen LogP contribution in [0.1, 0.15) is 0 Å². The van der Waals surface area contributed by atoms with Crippen molar-refractivity contribution in [3.63, 3.8) is 0 Å². The van der Waals surface area contributed by atoms with Gasteiger partial charge in [-0.1, -0.05) is 0 Å². The lowest BCUT2D eigenvalue weighted by Crippen LogP contribution is -2.28. The first kappa shape index (κ1) is 10.2. The van der Waals surface area contributed by atoms with E-state index in [-0.39, 0.29) is 18.5 Å². The molecule has 1 aliphatic heterocycles. The van der Waals surface area contributed by atoms with Crippen LogP contribution >= 0.6 is 12.4 Å². The molecule has 1 aliphatic rings. The van der Waals surface area contributed by atoms with E-state index in [0.717, 1.165) is 26.3 Å². The monoisotopic (exact) mass is 167 g/mol. The van der Waals surface area contributed by atoms with Crippen molar-refractivity contribution in [2.45, 2.75) is 6.10 Å². The first-order valence-corrected chi connectivity index (χ1v) is 3.24. The van der Waals surface area contributed by atoms with Crippen LogP contribution in [0.4, 0.5) is 0 Å². The molecule has 1 rings (SSSR count). The van der Waals surface area contributed by atoms with Gasteiger partial charge < -0.3 is 14.8 Å². The van der Waals surface area contributed by atoms with E-state index in [9.17, 15) is 0 Å². The van der Waals surface area contributed by atoms with Gasteiger partial charge in [-0.25, -0.2) is 0 Å². The number of ether oxygens (including phenoxy) is 2. The molecular weight excluding hydrogens is 154 g/mol. The first-order valence-electron chi connectivity index (χ1n) is 3.24. The zero-order valence-electron chi connectivity index (χ0n) is 6.13. The Labute approximate surface area is 67.5 Å². The van der Waals surface area contributed by atoms with Crippen molar-refractivity contribution in [2.24, 2.45) is 0 Å². The third kappa shape index (κ3) is 3.37. The van der Waals surface area contributed by atoms with Crippen LogP contribution in [-0.2, 0) is 9.47 Å². The molecule has 1 heterocycles. The molecule has 1 fully saturated rings. The van der Waals surface area contributed by atoms with Crippen LogP contribution in [0.5, 0.6) is 0 Å². The van der Waals surface area contributed by atoms with Crippen molar-refractivity contribution >= 4 is 12.4 Å². The van der Waals surface area contributed by atoms with Crippen molar-refractivity contribution in [1.82, 2.24) is 5.32 Å². The van der Waals surface area contributed by atoms with Gasteiger partial charge in [0.25, 0.3) is 0 Å². The number of hydrogen-bond acceptors (Lipinski definition) is 3. The van der Waals surface area contributed by atoms with Crippen molar-refractivity contribution in [3.05, 3.63) is 0 Å². The molecule has 0 amide bonds. The molecule has 4 heteroatoms. The standard InChI is InChI=1S/C6H13NO2.ClH/c1-8-6-4-7-2-3-9-5-6;/h6-7H,2-5H2,1H3;1H. The summed E-state index contributed by atoms with van der Waals surface area (Å²) in [6, 6.07) is 0. The van der Waals surface area contributed by atoms with Crippen LogP contribution in [0.25, 0.3) is 0 Å². The maximum atomic E-state index is 5.21. The fourth-order valence-electron chi connectivity index (χ4n) is 0.832. The molecule has 0 spiro atoms. The average Bonchev–Trinajstić information content (AvgIpc) is 2.13. The van der Waals surface area contributed by atoms with E-state index in [1.165, 1.54) is 0 Å². The van der Waals surface area contributed by atoms with Gasteiger partial charge in [0, 0.05) is 20.2 Å². The summed E-state index contributed by atoms with van der Waals surface area (Å²) in [5.41, 5.74) is 0. The van der Waals surface area contributed by atoms with Gasteiger partial charge >= 0.3 is 0 Å². The van der Waals surface area contributed by atoms with Crippen LogP contribution in [0.3, 0.4) is 0 Å². The van der Waals surface area contributed by atoms with Gasteiger partial charge in [-0.15, -0.1) is 12.4 Å². The third-order valence-electron chi connectivity index (χ3n) is 1.43. The predicted molar refractivity (Wildman–Crippen MR) is 41.7 cm³/mol. The predicted octanol–water partition coefficient (Wildman–Crippen LogP) is 0.0430. The fourth-order valence-corrected chi connectivity index (χ4v) is 0.832. The van der Waals surface area contributed by atoms with Gasteiger partial charge in [0.2, 0.25) is 0 Å². The molecular formula is C6H14ClNO2. The first-order chi connectivity index (χ1) is 4.43. The number of methoxy groups -OCH3 is 1. The Hall–Kier alpha value is 0.170. The quantitative estimate of drug-likeness (QED) is 0.599. The van der Waals surface area contributed by atoms with Gasteiger partial charge in [-0.3, -0.25) is 0 Å². The van der Waals surface area contributed by atoms with Crippen LogP contribution in [0.15, 0.2) is 0 Å². The Morgan fingerprint density at radius 2 is 2.40 bits per heavy atom. The Balaban J connectivity index is 0.000000810. The minimum atomic E-state index is 0. The smallest absolute Gasteiger partial charge is 0.0928 e. The SMILES string of the molecule is COC1CNCCOC1.Cl. The molecule has 0 saturated carbocycles. The summed E-state index contributed by atoms with van der Waals surface area (Å²) >= 11 is 0. The van der Waals surface area contributed by atoms with Crippen LogP contribution in [0.2, 0.25) is 0 Å². The lowest BCUT2D eigenvalue weighted by atomic mass is 10.4. The van der Waals surface area contributed by atoms with Gasteiger partial charge in [0.15, 0.2) is 0 Å². The second-order valence-corrected chi connectivity index (χ2v) is 2.14. The van der Waals surface area contributed by atoms with Gasteiger partial charge in [0.1, 0.15) is 0 Å². The van der Waals surface area contributed by atoms with E-state index in [4.69, 9.17) is 9.47 Å². The van der Waals surface area contributed by atoms with Crippen molar-refractivity contribution < 1.29 is 9.47 Å². The Morgan fingerprint density at radius 3 is 3.10 bits per heavy atom. The molecule has 0 aromatic carbocycles. The second-order valence-electron chi connectivity index (χ2n) is 2.14. The van der Waals surface area contributed by atoms with Gasteiger partial charge in [0.05, 0.1) is 19.3 Å². The Bertz CT molecular complexity index is 74.1. The number of rotatable bonds is 1. The maximum Gasteiger partial charge on any atom is 0.0928 e. The highest BCUT2D eigenvalue weighted by Crippen LogP contribution is 1.92. The summed E-state index contributed by atoms with van der Waals surface area (Å²) < 4.78 is 10.3. The normalized spacial score (nSPS) is 26.7. The van der Waals surface area contributed by atoms with E-state index in [1.54, 1.807) is 7.11 Å². The number of hydrogen-bond donors (Lipinski definition) is 1. The van der Waals surface area contributed by atoms with Gasteiger partial charge in [-0.05, 0) is 0 Å². The second kappa shape index (κ2) is 5.92. The summed E-state index contributed by atoms with van der Waals surface area (Å²) in [6.45, 7) is 3.39. The summed E-state index contributed by atoms with van der Waals surface area (Å²) in [5.74, 6) is 0. The van der Waals surface area contributed by atoms with Crippen LogP contribution in [-0.4, -0.2) is 39.5 Å². The number of nitrogens with one attached hydrogen (secondary N) is 1. The third-order valence-corrected chi connectivity index (χ3v) is 1.43. The van der Waals surface area contributed by atoms with E-state index in [1.807, 2.05) is 0 Å². The molecule has 1 saturated heterocycles. The summed E-state index contributed by atoms with van der Waals surface area (Å²) in [4.78, 5) is 0. The number of halogens is 1. The molecule has 62 valence electrons. The minimum absolute atomic E-state index is 0. The zero-order valence-corrected chi connectivity index (χ0v) is 6.95. The van der Waals surface area contributed by atoms with E-state index in [2.05, 4.69) is 5.32 Å². The molecule has 0 aliphatic carbocycles. The topological polar surface area (TPSA) is 30.5 Å². The molecule has 0 aromatic rings. The van der Waals surface area contributed by atoms with E-state index in [0.29, 0.717) is 0 Å². The highest BCUT2D eigenvalue weighted by atomic mass is 35.5. The zero-order chi connectivity index (χ0) is 6.53. The molecule has 0 aromatic heterocycles. The van der Waals surface area contributed by atoms with Crippen molar-refractivity contribution in [2.75, 3.05) is 33.4 Å². The van der Waals surface area contributed by atoms with Crippen LogP contribution < -0.4 is 5.32 Å². The molecule has 1 N–H and O–H groups in total. The van der Waals surface area contributed by atoms with Crippen molar-refractivity contribution in [3.8, 4) is 0 Å². The molecule has 10 heavy (non-hydrogen) atoms. The molecule has 0 radical (unpaired) electrons. The Morgan fingerprint density at radius 1 is 1.60 bits per heavy atom. The largest absolute Gasteiger partial charge is 0.378 e. The molecule has 3 nitrogen and oxygen atoms in total. The Kier molecular flexibility index (Phi) is 6.02. The van der Waals surface area contributed by atoms with E-state index < -0.39 is 0 Å². The molecule has 1 atom stereocenters. The summed E-state index contributed by atoms with van der Waals surface area (Å²) in [5, 5.41) is 3.20. The fraction of sp³-hybridized carbons (Fsp3) is 1.00. The highest BCUT2D eigenvalue weighted by molar-refractivity contribution is 5.85. The van der Waals surface area contributed by atoms with Gasteiger partial charge in [-0.2, -0.15) is 0 Å². The molecule has 1 unspecified atom stereocenters. The minimum Gasteiger partial charge on any atom is -0.378 e. The van der Waals surface area contributed by atoms with E-state index >= 15 is 0 Å².